The molecule has 1 aromatic heterocycles. The second-order valence-corrected chi connectivity index (χ2v) is 6.43. The van der Waals surface area contributed by atoms with Gasteiger partial charge in [-0.25, -0.2) is 0 Å². The van der Waals surface area contributed by atoms with E-state index in [-0.39, 0.29) is 11.5 Å². The fourth-order valence-corrected chi connectivity index (χ4v) is 3.83. The van der Waals surface area contributed by atoms with Gasteiger partial charge in [-0.3, -0.25) is 0 Å². The molecule has 0 amide bonds. The van der Waals surface area contributed by atoms with Crippen LogP contribution in [0.3, 0.4) is 0 Å². The molecule has 1 aliphatic rings. The Morgan fingerprint density at radius 2 is 2.33 bits per heavy atom. The van der Waals surface area contributed by atoms with Gasteiger partial charge in [0.25, 0.3) is 0 Å². The molecule has 2 atom stereocenters. The van der Waals surface area contributed by atoms with E-state index in [1.807, 2.05) is 6.07 Å². The van der Waals surface area contributed by atoms with Gasteiger partial charge in [0.2, 0.25) is 0 Å². The molecular weight excluding hydrogens is 275 g/mol. The molecule has 2 heterocycles. The van der Waals surface area contributed by atoms with Gasteiger partial charge in [0.15, 0.2) is 0 Å². The lowest BCUT2D eigenvalue weighted by atomic mass is 10.1. The van der Waals surface area contributed by atoms with Crippen LogP contribution in [0.1, 0.15) is 30.2 Å². The first kappa shape index (κ1) is 12.0. The molecule has 84 valence electrons. The Hall–Kier alpha value is 0.530. The van der Waals surface area contributed by atoms with E-state index in [0.717, 1.165) is 31.4 Å². The van der Waals surface area contributed by atoms with Crippen molar-refractivity contribution in [3.63, 3.8) is 0 Å². The highest BCUT2D eigenvalue weighted by Crippen LogP contribution is 2.40. The first-order valence-corrected chi connectivity index (χ1v) is 6.88. The highest BCUT2D eigenvalue weighted by molar-refractivity contribution is 7.20. The van der Waals surface area contributed by atoms with E-state index in [0.29, 0.717) is 8.67 Å². The second kappa shape index (κ2) is 5.24. The van der Waals surface area contributed by atoms with Gasteiger partial charge in [-0.05, 0) is 25.3 Å². The van der Waals surface area contributed by atoms with Crippen LogP contribution in [0.15, 0.2) is 6.07 Å². The van der Waals surface area contributed by atoms with E-state index >= 15 is 0 Å². The Kier molecular flexibility index (Phi) is 4.19. The van der Waals surface area contributed by atoms with Crippen molar-refractivity contribution >= 4 is 46.1 Å². The maximum atomic E-state index is 6.29. The smallest absolute Gasteiger partial charge is 0.0991 e. The van der Waals surface area contributed by atoms with Crippen LogP contribution in [-0.2, 0) is 4.74 Å². The molecule has 0 aromatic carbocycles. The minimum atomic E-state index is -0.0932. The van der Waals surface area contributed by atoms with Crippen molar-refractivity contribution in [1.82, 2.24) is 0 Å². The summed E-state index contributed by atoms with van der Waals surface area (Å²) in [5.74, 6) is 0. The highest BCUT2D eigenvalue weighted by Gasteiger charge is 2.23. The zero-order valence-electron chi connectivity index (χ0n) is 8.01. The van der Waals surface area contributed by atoms with Gasteiger partial charge in [-0.1, -0.05) is 23.2 Å². The lowest BCUT2D eigenvalue weighted by molar-refractivity contribution is 0.103. The molecule has 1 saturated heterocycles. The largest absolute Gasteiger partial charge is 0.378 e. The number of rotatable bonds is 3. The standard InChI is InChI=1S/C10H11Cl3OS/c11-8(4-6-2-1-3-14-6)7-5-9(12)15-10(7)13/h5-6,8H,1-4H2. The molecule has 1 aromatic rings. The molecule has 1 aliphatic heterocycles. The van der Waals surface area contributed by atoms with Crippen molar-refractivity contribution in [3.05, 3.63) is 20.3 Å². The summed E-state index contributed by atoms with van der Waals surface area (Å²) in [7, 11) is 0. The van der Waals surface area contributed by atoms with E-state index in [1.165, 1.54) is 11.3 Å². The van der Waals surface area contributed by atoms with Crippen LogP contribution in [-0.4, -0.2) is 12.7 Å². The van der Waals surface area contributed by atoms with Crippen molar-refractivity contribution in [2.75, 3.05) is 6.61 Å². The molecule has 0 radical (unpaired) electrons. The summed E-state index contributed by atoms with van der Waals surface area (Å²) >= 11 is 19.6. The average Bonchev–Trinajstić information content (AvgIpc) is 2.75. The topological polar surface area (TPSA) is 9.23 Å². The number of thiophene rings is 1. The quantitative estimate of drug-likeness (QED) is 0.717. The SMILES string of the molecule is Clc1cc(C(Cl)CC2CCCO2)c(Cl)s1. The summed E-state index contributed by atoms with van der Waals surface area (Å²) < 4.78 is 6.92. The van der Waals surface area contributed by atoms with Crippen LogP contribution in [0.4, 0.5) is 0 Å². The third kappa shape index (κ3) is 3.01. The molecule has 2 unspecified atom stereocenters. The molecule has 2 rings (SSSR count). The summed E-state index contributed by atoms with van der Waals surface area (Å²) in [5, 5.41) is -0.0932. The zero-order chi connectivity index (χ0) is 10.8. The molecule has 1 nitrogen and oxygen atoms in total. The molecule has 5 heteroatoms. The predicted molar refractivity (Wildman–Crippen MR) is 66.5 cm³/mol. The number of hydrogen-bond donors (Lipinski definition) is 0. The van der Waals surface area contributed by atoms with Crippen LogP contribution in [0.5, 0.6) is 0 Å². The lowest BCUT2D eigenvalue weighted by Gasteiger charge is -2.13. The third-order valence-electron chi connectivity index (χ3n) is 2.51. The highest BCUT2D eigenvalue weighted by atomic mass is 35.5. The van der Waals surface area contributed by atoms with Crippen molar-refractivity contribution < 1.29 is 4.74 Å². The Morgan fingerprint density at radius 3 is 2.87 bits per heavy atom. The minimum absolute atomic E-state index is 0.0932. The minimum Gasteiger partial charge on any atom is -0.378 e. The molecule has 0 saturated carbocycles. The van der Waals surface area contributed by atoms with Crippen LogP contribution < -0.4 is 0 Å². The lowest BCUT2D eigenvalue weighted by Crippen LogP contribution is -2.07. The Bertz CT molecular complexity index is 333. The van der Waals surface area contributed by atoms with E-state index in [9.17, 15) is 0 Å². The summed E-state index contributed by atoms with van der Waals surface area (Å²) in [6.45, 7) is 0.854. The van der Waals surface area contributed by atoms with Gasteiger partial charge in [-0.15, -0.1) is 22.9 Å². The molecule has 0 spiro atoms. The van der Waals surface area contributed by atoms with Gasteiger partial charge >= 0.3 is 0 Å². The van der Waals surface area contributed by atoms with Crippen molar-refractivity contribution in [2.45, 2.75) is 30.7 Å². The predicted octanol–water partition coefficient (Wildman–Crippen LogP) is 4.90. The van der Waals surface area contributed by atoms with Crippen LogP contribution in [0.25, 0.3) is 0 Å². The molecule has 15 heavy (non-hydrogen) atoms. The van der Waals surface area contributed by atoms with Crippen molar-refractivity contribution in [3.8, 4) is 0 Å². The second-order valence-electron chi connectivity index (χ2n) is 3.62. The molecule has 0 bridgehead atoms. The normalized spacial score (nSPS) is 23.3. The fourth-order valence-electron chi connectivity index (χ4n) is 1.75. The molecule has 0 N–H and O–H groups in total. The Morgan fingerprint density at radius 1 is 1.53 bits per heavy atom. The number of alkyl halides is 1. The first-order valence-electron chi connectivity index (χ1n) is 4.87. The van der Waals surface area contributed by atoms with E-state index in [4.69, 9.17) is 39.5 Å². The summed E-state index contributed by atoms with van der Waals surface area (Å²) in [4.78, 5) is 0. The fraction of sp³-hybridized carbons (Fsp3) is 0.600. The van der Waals surface area contributed by atoms with Crippen molar-refractivity contribution in [1.29, 1.82) is 0 Å². The molecule has 1 fully saturated rings. The number of ether oxygens (including phenoxy) is 1. The van der Waals surface area contributed by atoms with Gasteiger partial charge in [0.05, 0.1) is 20.2 Å². The summed E-state index contributed by atoms with van der Waals surface area (Å²) in [6.07, 6.45) is 3.32. The van der Waals surface area contributed by atoms with E-state index in [1.54, 1.807) is 0 Å². The molecular formula is C10H11Cl3OS. The Balaban J connectivity index is 2.00. The van der Waals surface area contributed by atoms with E-state index in [2.05, 4.69) is 0 Å². The Labute approximate surface area is 108 Å². The number of hydrogen-bond acceptors (Lipinski definition) is 2. The van der Waals surface area contributed by atoms with Gasteiger partial charge in [0.1, 0.15) is 0 Å². The maximum Gasteiger partial charge on any atom is 0.0991 e. The summed E-state index contributed by atoms with van der Waals surface area (Å²) in [6, 6.07) is 1.85. The van der Waals surface area contributed by atoms with Gasteiger partial charge in [0, 0.05) is 12.2 Å². The van der Waals surface area contributed by atoms with Crippen LogP contribution >= 0.6 is 46.1 Å². The monoisotopic (exact) mass is 284 g/mol. The zero-order valence-corrected chi connectivity index (χ0v) is 11.1. The average molecular weight is 286 g/mol. The van der Waals surface area contributed by atoms with Gasteiger partial charge < -0.3 is 4.74 Å². The first-order chi connectivity index (χ1) is 7.16. The maximum absolute atomic E-state index is 6.29. The molecule has 0 aliphatic carbocycles. The third-order valence-corrected chi connectivity index (χ3v) is 4.45. The number of halogens is 3. The van der Waals surface area contributed by atoms with Crippen LogP contribution in [0, 0.1) is 0 Å². The summed E-state index contributed by atoms with van der Waals surface area (Å²) in [5.41, 5.74) is 0.934. The van der Waals surface area contributed by atoms with E-state index < -0.39 is 0 Å². The van der Waals surface area contributed by atoms with Crippen molar-refractivity contribution in [2.24, 2.45) is 0 Å². The van der Waals surface area contributed by atoms with Crippen LogP contribution in [0.2, 0.25) is 8.67 Å². The van der Waals surface area contributed by atoms with Gasteiger partial charge in [-0.2, -0.15) is 0 Å².